The fourth-order valence-electron chi connectivity index (χ4n) is 5.07. The summed E-state index contributed by atoms with van der Waals surface area (Å²) in [6, 6.07) is 0. The number of unbranched alkanes of at least 4 members (excludes halogenated alkanes) is 15. The molecule has 1 rings (SSSR count). The Hall–Kier alpha value is -0.570. The van der Waals surface area contributed by atoms with Crippen LogP contribution in [-0.2, 0) is 4.79 Å². The normalized spacial score (nSPS) is 16.2. The van der Waals surface area contributed by atoms with Gasteiger partial charge in [-0.3, -0.25) is 4.79 Å². The second-order valence-electron chi connectivity index (χ2n) is 9.74. The molecule has 172 valence electrons. The van der Waals surface area contributed by atoms with E-state index < -0.39 is 5.97 Å². The topological polar surface area (TPSA) is 37.3 Å². The molecule has 3 nitrogen and oxygen atoms in total. The fraction of sp³-hybridized carbons (Fsp3) is 0.962. The summed E-state index contributed by atoms with van der Waals surface area (Å²) in [5, 5.41) is 9.06. The number of hydrogen-bond donors (Lipinski definition) is 1. The Labute approximate surface area is 182 Å². The molecule has 1 aliphatic rings. The maximum atomic E-state index is 11.0. The predicted molar refractivity (Wildman–Crippen MR) is 125 cm³/mol. The highest BCUT2D eigenvalue weighted by atomic mass is 16.4. The van der Waals surface area contributed by atoms with E-state index in [1.807, 2.05) is 0 Å². The number of hydrogen-bond acceptors (Lipinski definition) is 1. The Morgan fingerprint density at radius 2 is 1.03 bits per heavy atom. The van der Waals surface area contributed by atoms with Gasteiger partial charge in [0, 0.05) is 0 Å². The molecule has 0 aromatic carbocycles. The zero-order valence-electron chi connectivity index (χ0n) is 19.8. The van der Waals surface area contributed by atoms with Crippen molar-refractivity contribution in [3.05, 3.63) is 0 Å². The van der Waals surface area contributed by atoms with E-state index in [0.717, 1.165) is 11.0 Å². The van der Waals surface area contributed by atoms with E-state index in [9.17, 15) is 4.79 Å². The molecule has 0 atom stereocenters. The largest absolute Gasteiger partial charge is 0.481 e. The summed E-state index contributed by atoms with van der Waals surface area (Å²) < 4.78 is 1.09. The van der Waals surface area contributed by atoms with Crippen LogP contribution in [-0.4, -0.2) is 41.7 Å². The number of likely N-dealkylation sites (tertiary alicyclic amines) is 1. The third kappa shape index (κ3) is 15.0. The number of aliphatic carboxylic acids is 1. The molecule has 1 saturated heterocycles. The van der Waals surface area contributed by atoms with Crippen molar-refractivity contribution < 1.29 is 14.4 Å². The third-order valence-corrected chi connectivity index (χ3v) is 7.05. The van der Waals surface area contributed by atoms with Gasteiger partial charge in [-0.2, -0.15) is 0 Å². The Morgan fingerprint density at radius 3 is 1.45 bits per heavy atom. The lowest BCUT2D eigenvalue weighted by molar-refractivity contribution is -0.932. The van der Waals surface area contributed by atoms with E-state index in [2.05, 4.69) is 6.92 Å². The van der Waals surface area contributed by atoms with Crippen molar-refractivity contribution in [3.8, 4) is 0 Å². The van der Waals surface area contributed by atoms with Crippen LogP contribution < -0.4 is 0 Å². The summed E-state index contributed by atoms with van der Waals surface area (Å²) in [7, 11) is 0. The van der Waals surface area contributed by atoms with Gasteiger partial charge in [-0.1, -0.05) is 96.8 Å². The second-order valence-corrected chi connectivity index (χ2v) is 9.74. The molecule has 1 heterocycles. The Bertz CT molecular complexity index is 377. The number of nitrogens with zero attached hydrogens (tertiary/aromatic N) is 1. The van der Waals surface area contributed by atoms with Crippen molar-refractivity contribution in [3.63, 3.8) is 0 Å². The molecule has 0 aromatic heterocycles. The highest BCUT2D eigenvalue weighted by molar-refractivity contribution is 5.66. The van der Waals surface area contributed by atoms with Gasteiger partial charge < -0.3 is 9.59 Å². The van der Waals surface area contributed by atoms with Crippen LogP contribution in [0, 0.1) is 0 Å². The van der Waals surface area contributed by atoms with Crippen molar-refractivity contribution in [2.24, 2.45) is 0 Å². The average Bonchev–Trinajstić information content (AvgIpc) is 2.73. The van der Waals surface area contributed by atoms with E-state index in [1.165, 1.54) is 142 Å². The molecule has 0 amide bonds. The number of piperidine rings is 1. The van der Waals surface area contributed by atoms with Gasteiger partial charge in [0.2, 0.25) is 0 Å². The summed E-state index contributed by atoms with van der Waals surface area (Å²) in [5.41, 5.74) is 0. The van der Waals surface area contributed by atoms with E-state index in [4.69, 9.17) is 5.11 Å². The van der Waals surface area contributed by atoms with Crippen molar-refractivity contribution >= 4 is 5.97 Å². The van der Waals surface area contributed by atoms with E-state index in [1.54, 1.807) is 0 Å². The summed E-state index contributed by atoms with van der Waals surface area (Å²) in [4.78, 5) is 11.0. The molecule has 0 saturated carbocycles. The molecule has 1 aliphatic heterocycles. The van der Waals surface area contributed by atoms with Crippen LogP contribution >= 0.6 is 0 Å². The van der Waals surface area contributed by atoms with Gasteiger partial charge in [-0.05, 0) is 32.1 Å². The summed E-state index contributed by atoms with van der Waals surface area (Å²) in [6.45, 7) is 6.79. The molecule has 0 aliphatic carbocycles. The van der Waals surface area contributed by atoms with Crippen molar-refractivity contribution in [1.82, 2.24) is 0 Å². The lowest BCUT2D eigenvalue weighted by Crippen LogP contribution is -2.53. The van der Waals surface area contributed by atoms with Crippen molar-refractivity contribution in [2.45, 2.75) is 135 Å². The Kier molecular flexibility index (Phi) is 16.6. The molecule has 0 unspecified atom stereocenters. The molecule has 0 spiro atoms. The highest BCUT2D eigenvalue weighted by Crippen LogP contribution is 2.21. The van der Waals surface area contributed by atoms with E-state index in [-0.39, 0.29) is 0 Å². The van der Waals surface area contributed by atoms with Crippen LogP contribution in [0.2, 0.25) is 0 Å². The fourth-order valence-corrected chi connectivity index (χ4v) is 5.07. The monoisotopic (exact) mass is 410 g/mol. The minimum atomic E-state index is -0.625. The summed E-state index contributed by atoms with van der Waals surface area (Å²) in [5.74, 6) is -0.625. The summed E-state index contributed by atoms with van der Waals surface area (Å²) in [6.07, 6.45) is 26.9. The SMILES string of the molecule is CCCCCCCCCCCCCCCCCC[N+]1(CCC(=O)O)CCCCC1. The Balaban J connectivity index is 1.89. The third-order valence-electron chi connectivity index (χ3n) is 7.05. The van der Waals surface area contributed by atoms with Crippen molar-refractivity contribution in [2.75, 3.05) is 26.2 Å². The van der Waals surface area contributed by atoms with Gasteiger partial charge in [-0.25, -0.2) is 0 Å². The van der Waals surface area contributed by atoms with Gasteiger partial charge in [0.1, 0.15) is 0 Å². The van der Waals surface area contributed by atoms with Crippen molar-refractivity contribution in [1.29, 1.82) is 0 Å². The van der Waals surface area contributed by atoms with Gasteiger partial charge >= 0.3 is 5.97 Å². The number of carboxylic acid groups (broad SMARTS) is 1. The number of quaternary nitrogens is 1. The lowest BCUT2D eigenvalue weighted by atomic mass is 10.0. The maximum Gasteiger partial charge on any atom is 0.309 e. The van der Waals surface area contributed by atoms with Crippen LogP contribution in [0.4, 0.5) is 0 Å². The molecular formula is C26H52NO2+. The molecule has 1 N–H and O–H groups in total. The molecule has 1 fully saturated rings. The number of carbonyl (C=O) groups is 1. The molecule has 0 bridgehead atoms. The first-order valence-electron chi connectivity index (χ1n) is 13.3. The van der Waals surface area contributed by atoms with Gasteiger partial charge in [0.05, 0.1) is 32.6 Å². The smallest absolute Gasteiger partial charge is 0.309 e. The van der Waals surface area contributed by atoms with Gasteiger partial charge in [0.25, 0.3) is 0 Å². The van der Waals surface area contributed by atoms with Crippen LogP contribution in [0.3, 0.4) is 0 Å². The van der Waals surface area contributed by atoms with Gasteiger partial charge in [-0.15, -0.1) is 0 Å². The minimum absolute atomic E-state index is 0.346. The summed E-state index contributed by atoms with van der Waals surface area (Å²) >= 11 is 0. The standard InChI is InChI=1S/C26H51NO2/c1-2-3-4-5-6-7-8-9-10-11-12-13-14-15-16-18-22-27(25-21-26(28)29)23-19-17-20-24-27/h2-25H2,1H3/p+1. The first-order valence-corrected chi connectivity index (χ1v) is 13.3. The van der Waals surface area contributed by atoms with Crippen LogP contribution in [0.5, 0.6) is 0 Å². The molecule has 29 heavy (non-hydrogen) atoms. The molecular weight excluding hydrogens is 358 g/mol. The van der Waals surface area contributed by atoms with Gasteiger partial charge in [0.15, 0.2) is 0 Å². The number of carboxylic acids is 1. The zero-order valence-corrected chi connectivity index (χ0v) is 19.8. The highest BCUT2D eigenvalue weighted by Gasteiger charge is 2.29. The van der Waals surface area contributed by atoms with Crippen LogP contribution in [0.25, 0.3) is 0 Å². The molecule has 0 radical (unpaired) electrons. The number of rotatable bonds is 20. The van der Waals surface area contributed by atoms with Crippen LogP contribution in [0.1, 0.15) is 135 Å². The first-order chi connectivity index (χ1) is 14.2. The van der Waals surface area contributed by atoms with Crippen LogP contribution in [0.15, 0.2) is 0 Å². The van der Waals surface area contributed by atoms with E-state index >= 15 is 0 Å². The zero-order chi connectivity index (χ0) is 21.0. The lowest BCUT2D eigenvalue weighted by Gasteiger charge is -2.41. The minimum Gasteiger partial charge on any atom is -0.481 e. The molecule has 0 aromatic rings. The average molecular weight is 411 g/mol. The van der Waals surface area contributed by atoms with E-state index in [0.29, 0.717) is 6.42 Å². The maximum absolute atomic E-state index is 11.0. The first kappa shape index (κ1) is 26.5. The quantitative estimate of drug-likeness (QED) is 0.165. The second kappa shape index (κ2) is 18.2. The predicted octanol–water partition coefficient (Wildman–Crippen LogP) is 7.72. The Morgan fingerprint density at radius 1 is 0.621 bits per heavy atom. The molecule has 3 heteroatoms.